The highest BCUT2D eigenvalue weighted by molar-refractivity contribution is 4.50. The highest BCUT2D eigenvalue weighted by atomic mass is 17.0. The largest absolute Gasteiger partial charge is 0.480 e. The van der Waals surface area contributed by atoms with Gasteiger partial charge >= 0.3 is 5.09 Å². The van der Waals surface area contributed by atoms with Gasteiger partial charge in [0.1, 0.15) is 4.91 Å². The molecular formula is C20H44N3O3+. The van der Waals surface area contributed by atoms with Crippen molar-refractivity contribution < 1.29 is 14.8 Å². The highest BCUT2D eigenvalue weighted by Crippen LogP contribution is 2.11. The summed E-state index contributed by atoms with van der Waals surface area (Å²) in [6, 6.07) is 0. The van der Waals surface area contributed by atoms with Crippen molar-refractivity contribution in [1.82, 2.24) is 0 Å². The number of unbranched alkanes of at least 4 members (excludes halogenated alkanes) is 12. The molecule has 0 aromatic carbocycles. The third kappa shape index (κ3) is 17.9. The molecule has 2 atom stereocenters. The van der Waals surface area contributed by atoms with Gasteiger partial charge < -0.3 is 0 Å². The van der Waals surface area contributed by atoms with Gasteiger partial charge in [0.2, 0.25) is 12.5 Å². The Morgan fingerprint density at radius 2 is 0.923 bits per heavy atom. The van der Waals surface area contributed by atoms with Gasteiger partial charge in [-0.15, -0.1) is 0 Å². The summed E-state index contributed by atoms with van der Waals surface area (Å²) >= 11 is 0. The van der Waals surface area contributed by atoms with Crippen molar-refractivity contribution in [3.8, 4) is 0 Å². The van der Waals surface area contributed by atoms with E-state index >= 15 is 0 Å². The van der Waals surface area contributed by atoms with Crippen molar-refractivity contribution in [2.24, 2.45) is 11.5 Å². The van der Waals surface area contributed by atoms with Crippen LogP contribution in [0.5, 0.6) is 0 Å². The quantitative estimate of drug-likeness (QED) is 0.167. The predicted octanol–water partition coefficient (Wildman–Crippen LogP) is 5.48. The molecule has 0 aromatic heterocycles. The Bertz CT molecular complexity index is 289. The molecular weight excluding hydrogens is 330 g/mol. The number of nitrogens with two attached hydrogens (primary N) is 2. The van der Waals surface area contributed by atoms with Crippen molar-refractivity contribution in [2.45, 2.75) is 129 Å². The SMILES string of the molecule is CCCCCCCCCC(N)O[N+](=O)OC(N)CCCCCCCCC. The minimum absolute atomic E-state index is 0.0951. The van der Waals surface area contributed by atoms with Gasteiger partial charge in [0.05, 0.1) is 0 Å². The summed E-state index contributed by atoms with van der Waals surface area (Å²) in [5.41, 5.74) is 11.6. The third-order valence-corrected chi connectivity index (χ3v) is 4.63. The predicted molar refractivity (Wildman–Crippen MR) is 107 cm³/mol. The van der Waals surface area contributed by atoms with Gasteiger partial charge in [-0.3, -0.25) is 11.5 Å². The fourth-order valence-electron chi connectivity index (χ4n) is 2.96. The molecule has 156 valence electrons. The first-order valence-corrected chi connectivity index (χ1v) is 10.9. The molecule has 0 heterocycles. The van der Waals surface area contributed by atoms with Crippen molar-refractivity contribution in [3.05, 3.63) is 4.91 Å². The Morgan fingerprint density at radius 3 is 1.27 bits per heavy atom. The zero-order valence-corrected chi connectivity index (χ0v) is 17.3. The lowest BCUT2D eigenvalue weighted by atomic mass is 10.1. The third-order valence-electron chi connectivity index (χ3n) is 4.63. The monoisotopic (exact) mass is 374 g/mol. The van der Waals surface area contributed by atoms with Crippen molar-refractivity contribution >= 4 is 0 Å². The molecule has 0 aliphatic heterocycles. The van der Waals surface area contributed by atoms with Gasteiger partial charge in [0.25, 0.3) is 0 Å². The Hall–Kier alpha value is -0.880. The maximum atomic E-state index is 11.6. The van der Waals surface area contributed by atoms with Gasteiger partial charge in [0.15, 0.2) is 0 Å². The summed E-state index contributed by atoms with van der Waals surface area (Å²) in [6.45, 7) is 4.43. The summed E-state index contributed by atoms with van der Waals surface area (Å²) in [7, 11) is 0. The maximum Gasteiger partial charge on any atom is 0.480 e. The van der Waals surface area contributed by atoms with E-state index in [0.29, 0.717) is 12.8 Å². The average Bonchev–Trinajstić information content (AvgIpc) is 2.60. The Balaban J connectivity index is 3.51. The minimum Gasteiger partial charge on any atom is -0.290 e. The van der Waals surface area contributed by atoms with E-state index in [2.05, 4.69) is 13.8 Å². The second kappa shape index (κ2) is 18.9. The van der Waals surface area contributed by atoms with Crippen LogP contribution in [-0.4, -0.2) is 17.5 Å². The fourth-order valence-corrected chi connectivity index (χ4v) is 2.96. The van der Waals surface area contributed by atoms with E-state index in [0.717, 1.165) is 25.7 Å². The van der Waals surface area contributed by atoms with Crippen LogP contribution < -0.4 is 11.5 Å². The maximum absolute atomic E-state index is 11.6. The Labute approximate surface area is 160 Å². The van der Waals surface area contributed by atoms with Crippen molar-refractivity contribution in [2.75, 3.05) is 0 Å². The number of rotatable bonds is 20. The topological polar surface area (TPSA) is 90.6 Å². The van der Waals surface area contributed by atoms with Crippen LogP contribution >= 0.6 is 0 Å². The highest BCUT2D eigenvalue weighted by Gasteiger charge is 2.22. The summed E-state index contributed by atoms with van der Waals surface area (Å²) in [6.07, 6.45) is 17.0. The van der Waals surface area contributed by atoms with E-state index in [1.807, 2.05) is 0 Å². The molecule has 0 aliphatic rings. The molecule has 6 heteroatoms. The van der Waals surface area contributed by atoms with Crippen LogP contribution in [0.2, 0.25) is 0 Å². The summed E-state index contributed by atoms with van der Waals surface area (Å²) in [4.78, 5) is 21.6. The van der Waals surface area contributed by atoms with Crippen LogP contribution in [0.4, 0.5) is 0 Å². The fraction of sp³-hybridized carbons (Fsp3) is 1.00. The number of nitrogens with zero attached hydrogens (tertiary/aromatic N) is 1. The van der Waals surface area contributed by atoms with Crippen LogP contribution in [0.15, 0.2) is 0 Å². The van der Waals surface area contributed by atoms with Crippen LogP contribution in [0, 0.1) is 4.91 Å². The molecule has 0 spiro atoms. The number of hydrogen-bond donors (Lipinski definition) is 2. The van der Waals surface area contributed by atoms with E-state index < -0.39 is 12.5 Å². The smallest absolute Gasteiger partial charge is 0.290 e. The molecule has 0 fully saturated rings. The molecule has 0 aromatic rings. The summed E-state index contributed by atoms with van der Waals surface area (Å²) < 4.78 is 0. The molecule has 0 aliphatic carbocycles. The zero-order chi connectivity index (χ0) is 19.5. The van der Waals surface area contributed by atoms with E-state index in [1.165, 1.54) is 64.2 Å². The molecule has 26 heavy (non-hydrogen) atoms. The Morgan fingerprint density at radius 1 is 0.615 bits per heavy atom. The van der Waals surface area contributed by atoms with Crippen molar-refractivity contribution in [3.63, 3.8) is 0 Å². The molecule has 0 amide bonds. The second-order valence-electron chi connectivity index (χ2n) is 7.33. The minimum atomic E-state index is -0.631. The first-order chi connectivity index (χ1) is 12.6. The lowest BCUT2D eigenvalue weighted by Gasteiger charge is -2.08. The first-order valence-electron chi connectivity index (χ1n) is 10.9. The van der Waals surface area contributed by atoms with E-state index in [1.54, 1.807) is 0 Å². The molecule has 4 N–H and O–H groups in total. The standard InChI is InChI=1S/C20H44N3O3/c1-3-5-7-9-11-13-15-17-19(21)25-23(24)26-20(22)18-16-14-12-10-8-6-4-2/h19-20H,3-18,21-22H2,1-2H3/q+1. The van der Waals surface area contributed by atoms with Gasteiger partial charge in [-0.05, 0) is 12.8 Å². The number of hydrogen-bond acceptors (Lipinski definition) is 5. The van der Waals surface area contributed by atoms with E-state index in [-0.39, 0.29) is 5.09 Å². The molecule has 0 rings (SSSR count). The van der Waals surface area contributed by atoms with E-state index in [4.69, 9.17) is 21.1 Å². The van der Waals surface area contributed by atoms with Gasteiger partial charge in [-0.25, -0.2) is 0 Å². The zero-order valence-electron chi connectivity index (χ0n) is 17.3. The average molecular weight is 375 g/mol. The van der Waals surface area contributed by atoms with Crippen LogP contribution in [-0.2, 0) is 9.68 Å². The molecule has 0 saturated carbocycles. The summed E-state index contributed by atoms with van der Waals surface area (Å²) in [5, 5.41) is 0.0951. The first kappa shape index (κ1) is 25.1. The summed E-state index contributed by atoms with van der Waals surface area (Å²) in [5.74, 6) is 0. The van der Waals surface area contributed by atoms with Crippen LogP contribution in [0.3, 0.4) is 0 Å². The Kier molecular flexibility index (Phi) is 18.3. The molecule has 0 radical (unpaired) electrons. The molecule has 2 unspecified atom stereocenters. The molecule has 0 bridgehead atoms. The van der Waals surface area contributed by atoms with Crippen molar-refractivity contribution in [1.29, 1.82) is 0 Å². The second-order valence-corrected chi connectivity index (χ2v) is 7.33. The van der Waals surface area contributed by atoms with Gasteiger partial charge in [-0.1, -0.05) is 90.9 Å². The van der Waals surface area contributed by atoms with E-state index in [9.17, 15) is 4.91 Å². The molecule has 0 saturated heterocycles. The van der Waals surface area contributed by atoms with Crippen LogP contribution in [0.25, 0.3) is 0 Å². The van der Waals surface area contributed by atoms with Gasteiger partial charge in [-0.2, -0.15) is 9.68 Å². The molecule has 6 nitrogen and oxygen atoms in total. The normalized spacial score (nSPS) is 13.4. The van der Waals surface area contributed by atoms with Crippen LogP contribution in [0.1, 0.15) is 117 Å². The van der Waals surface area contributed by atoms with Gasteiger partial charge in [0, 0.05) is 12.8 Å². The lowest BCUT2D eigenvalue weighted by molar-refractivity contribution is -0.992. The lowest BCUT2D eigenvalue weighted by Crippen LogP contribution is -2.34.